The Bertz CT molecular complexity index is 506. The summed E-state index contributed by atoms with van der Waals surface area (Å²) in [5.74, 6) is 0. The maximum Gasteiger partial charge on any atom is 0.417 e. The Morgan fingerprint density at radius 2 is 1.74 bits per heavy atom. The Labute approximate surface area is 115 Å². The molecule has 0 amide bonds. The van der Waals surface area contributed by atoms with Gasteiger partial charge in [0.25, 0.3) is 0 Å². The van der Waals surface area contributed by atoms with Crippen LogP contribution in [0.25, 0.3) is 0 Å². The van der Waals surface area contributed by atoms with Crippen molar-refractivity contribution in [1.82, 2.24) is 10.0 Å². The molecule has 0 unspecified atom stereocenters. The fraction of sp³-hybridized carbons (Fsp3) is 0.400. The van der Waals surface area contributed by atoms with Gasteiger partial charge in [-0.3, -0.25) is 0 Å². The zero-order valence-corrected chi connectivity index (χ0v) is 11.6. The first kappa shape index (κ1) is 18.2. The normalized spacial score (nSPS) is 12.0. The van der Waals surface area contributed by atoms with E-state index in [1.54, 1.807) is 7.05 Å². The van der Waals surface area contributed by atoms with Crippen LogP contribution in [0.3, 0.4) is 0 Å². The molecule has 1 aromatic rings. The quantitative estimate of drug-likeness (QED) is 0.811. The zero-order valence-electron chi connectivity index (χ0n) is 9.99. The van der Waals surface area contributed by atoms with Crippen molar-refractivity contribution in [3.63, 3.8) is 0 Å². The average molecular weight is 319 g/mol. The average Bonchev–Trinajstić information content (AvgIpc) is 2.28. The molecule has 1 rings (SSSR count). The standard InChI is InChI=1S/C10H13F3N2O2S.ClH/c1-14-6-7-15-18(16,17)9-5-3-2-4-8(9)10(11,12)13;/h2-5,14-15H,6-7H2,1H3;1H. The van der Waals surface area contributed by atoms with E-state index in [1.807, 2.05) is 0 Å². The van der Waals surface area contributed by atoms with Crippen LogP contribution in [-0.2, 0) is 16.2 Å². The van der Waals surface area contributed by atoms with Crippen LogP contribution in [-0.4, -0.2) is 28.6 Å². The molecule has 110 valence electrons. The Hall–Kier alpha value is -0.830. The molecule has 0 radical (unpaired) electrons. The van der Waals surface area contributed by atoms with E-state index in [1.165, 1.54) is 6.07 Å². The van der Waals surface area contributed by atoms with Gasteiger partial charge in [0.15, 0.2) is 0 Å². The molecular formula is C10H14ClF3N2O2S. The van der Waals surface area contributed by atoms with Gasteiger partial charge in [-0.15, -0.1) is 12.4 Å². The molecule has 1 aromatic carbocycles. The van der Waals surface area contributed by atoms with Gasteiger partial charge in [-0.2, -0.15) is 13.2 Å². The summed E-state index contributed by atoms with van der Waals surface area (Å²) in [6.45, 7) is 0.346. The fourth-order valence-electron chi connectivity index (χ4n) is 1.32. The molecule has 0 heterocycles. The molecule has 0 atom stereocenters. The minimum atomic E-state index is -4.70. The van der Waals surface area contributed by atoms with Gasteiger partial charge in [0.2, 0.25) is 10.0 Å². The third kappa shape index (κ3) is 4.98. The largest absolute Gasteiger partial charge is 0.417 e. The second-order valence-corrected chi connectivity index (χ2v) is 5.23. The molecule has 2 N–H and O–H groups in total. The van der Waals surface area contributed by atoms with E-state index >= 15 is 0 Å². The number of rotatable bonds is 5. The lowest BCUT2D eigenvalue weighted by Gasteiger charge is -2.13. The van der Waals surface area contributed by atoms with Gasteiger partial charge in [-0.1, -0.05) is 12.1 Å². The minimum absolute atomic E-state index is 0. The Morgan fingerprint density at radius 1 is 1.16 bits per heavy atom. The van der Waals surface area contributed by atoms with Crippen LogP contribution in [0.1, 0.15) is 5.56 Å². The summed E-state index contributed by atoms with van der Waals surface area (Å²) in [6.07, 6.45) is -4.70. The fourth-order valence-corrected chi connectivity index (χ4v) is 2.58. The van der Waals surface area contributed by atoms with Crippen molar-refractivity contribution in [3.05, 3.63) is 29.8 Å². The predicted octanol–water partition coefficient (Wildman–Crippen LogP) is 1.62. The number of alkyl halides is 3. The highest BCUT2D eigenvalue weighted by Gasteiger charge is 2.36. The molecule has 0 saturated heterocycles. The van der Waals surface area contributed by atoms with Gasteiger partial charge in [0.05, 0.1) is 10.5 Å². The number of benzene rings is 1. The molecule has 0 spiro atoms. The number of halogens is 4. The maximum atomic E-state index is 12.7. The Kier molecular flexibility index (Phi) is 6.78. The monoisotopic (exact) mass is 318 g/mol. The molecule has 0 bridgehead atoms. The Morgan fingerprint density at radius 3 is 2.26 bits per heavy atom. The summed E-state index contributed by atoms with van der Waals surface area (Å²) in [6, 6.07) is 4.08. The van der Waals surface area contributed by atoms with Crippen LogP contribution in [0.4, 0.5) is 13.2 Å². The molecule has 0 fully saturated rings. The molecule has 0 aromatic heterocycles. The minimum Gasteiger partial charge on any atom is -0.318 e. The summed E-state index contributed by atoms with van der Waals surface area (Å²) >= 11 is 0. The van der Waals surface area contributed by atoms with Gasteiger partial charge in [0.1, 0.15) is 0 Å². The van der Waals surface area contributed by atoms with E-state index in [4.69, 9.17) is 0 Å². The van der Waals surface area contributed by atoms with Crippen LogP contribution in [0.5, 0.6) is 0 Å². The molecule has 19 heavy (non-hydrogen) atoms. The van der Waals surface area contributed by atoms with E-state index in [-0.39, 0.29) is 19.0 Å². The first-order valence-corrected chi connectivity index (χ1v) is 6.58. The van der Waals surface area contributed by atoms with Crippen molar-refractivity contribution >= 4 is 22.4 Å². The van der Waals surface area contributed by atoms with Crippen LogP contribution < -0.4 is 10.0 Å². The SMILES string of the molecule is CNCCNS(=O)(=O)c1ccccc1C(F)(F)F.Cl. The number of nitrogens with one attached hydrogen (secondary N) is 2. The van der Waals surface area contributed by atoms with Crippen molar-refractivity contribution in [3.8, 4) is 0 Å². The van der Waals surface area contributed by atoms with Gasteiger partial charge in [-0.25, -0.2) is 13.1 Å². The molecular weight excluding hydrogens is 305 g/mol. The first-order valence-electron chi connectivity index (χ1n) is 5.09. The van der Waals surface area contributed by atoms with Gasteiger partial charge in [-0.05, 0) is 19.2 Å². The van der Waals surface area contributed by atoms with E-state index in [0.717, 1.165) is 18.2 Å². The Balaban J connectivity index is 0.00000324. The number of hydrogen-bond donors (Lipinski definition) is 2. The van der Waals surface area contributed by atoms with E-state index < -0.39 is 26.7 Å². The second kappa shape index (κ2) is 7.09. The molecule has 4 nitrogen and oxygen atoms in total. The van der Waals surface area contributed by atoms with Crippen LogP contribution in [0.15, 0.2) is 29.2 Å². The number of likely N-dealkylation sites (N-methyl/N-ethyl adjacent to an activating group) is 1. The summed E-state index contributed by atoms with van der Waals surface area (Å²) in [4.78, 5) is -0.756. The zero-order chi connectivity index (χ0) is 13.8. The van der Waals surface area contributed by atoms with Crippen molar-refractivity contribution in [2.24, 2.45) is 0 Å². The smallest absolute Gasteiger partial charge is 0.318 e. The van der Waals surface area contributed by atoms with E-state index in [0.29, 0.717) is 6.54 Å². The lowest BCUT2D eigenvalue weighted by Crippen LogP contribution is -2.31. The number of hydrogen-bond acceptors (Lipinski definition) is 3. The highest BCUT2D eigenvalue weighted by Crippen LogP contribution is 2.33. The topological polar surface area (TPSA) is 58.2 Å². The summed E-state index contributed by atoms with van der Waals surface area (Å²) in [7, 11) is -2.55. The number of sulfonamides is 1. The molecule has 9 heteroatoms. The summed E-state index contributed by atoms with van der Waals surface area (Å²) < 4.78 is 63.6. The van der Waals surface area contributed by atoms with Crippen molar-refractivity contribution < 1.29 is 21.6 Å². The summed E-state index contributed by atoms with van der Waals surface area (Å²) in [5.41, 5.74) is -1.16. The van der Waals surface area contributed by atoms with Crippen molar-refractivity contribution in [1.29, 1.82) is 0 Å². The van der Waals surface area contributed by atoms with Gasteiger partial charge in [0, 0.05) is 13.1 Å². The lowest BCUT2D eigenvalue weighted by atomic mass is 10.2. The van der Waals surface area contributed by atoms with E-state index in [9.17, 15) is 21.6 Å². The van der Waals surface area contributed by atoms with Crippen molar-refractivity contribution in [2.75, 3.05) is 20.1 Å². The van der Waals surface area contributed by atoms with Crippen LogP contribution >= 0.6 is 12.4 Å². The van der Waals surface area contributed by atoms with Crippen LogP contribution in [0, 0.1) is 0 Å². The molecule has 0 aliphatic carbocycles. The van der Waals surface area contributed by atoms with Crippen LogP contribution in [0.2, 0.25) is 0 Å². The highest BCUT2D eigenvalue weighted by molar-refractivity contribution is 7.89. The second-order valence-electron chi connectivity index (χ2n) is 3.50. The lowest BCUT2D eigenvalue weighted by molar-refractivity contribution is -0.139. The highest BCUT2D eigenvalue weighted by atomic mass is 35.5. The maximum absolute atomic E-state index is 12.7. The first-order chi connectivity index (χ1) is 8.29. The molecule has 0 aliphatic heterocycles. The van der Waals surface area contributed by atoms with E-state index in [2.05, 4.69) is 10.0 Å². The van der Waals surface area contributed by atoms with Gasteiger partial charge >= 0.3 is 6.18 Å². The predicted molar refractivity (Wildman–Crippen MR) is 67.8 cm³/mol. The third-order valence-electron chi connectivity index (χ3n) is 2.15. The molecule has 0 aliphatic rings. The van der Waals surface area contributed by atoms with Crippen molar-refractivity contribution in [2.45, 2.75) is 11.1 Å². The third-order valence-corrected chi connectivity index (χ3v) is 3.67. The van der Waals surface area contributed by atoms with Gasteiger partial charge < -0.3 is 5.32 Å². The molecule has 0 saturated carbocycles. The summed E-state index contributed by atoms with van der Waals surface area (Å²) in [5, 5.41) is 2.69.